The van der Waals surface area contributed by atoms with Crippen LogP contribution in [-0.4, -0.2) is 11.9 Å². The molecule has 0 spiro atoms. The van der Waals surface area contributed by atoms with E-state index in [0.717, 1.165) is 11.8 Å². The Hall–Kier alpha value is -0.530. The smallest absolute Gasteiger partial charge is 0.223 e. The summed E-state index contributed by atoms with van der Waals surface area (Å²) in [4.78, 5) is 11.7. The zero-order valence-electron chi connectivity index (χ0n) is 7.96. The van der Waals surface area contributed by atoms with E-state index in [4.69, 9.17) is 0 Å². The number of carbonyl (C=O) groups excluding carboxylic acids is 1. The zero-order chi connectivity index (χ0) is 8.84. The molecule has 0 radical (unpaired) electrons. The summed E-state index contributed by atoms with van der Waals surface area (Å²) < 4.78 is 0. The summed E-state index contributed by atoms with van der Waals surface area (Å²) in [5.41, 5.74) is 0. The summed E-state index contributed by atoms with van der Waals surface area (Å²) >= 11 is 0. The molecule has 2 heteroatoms. The van der Waals surface area contributed by atoms with Gasteiger partial charge in [0.15, 0.2) is 0 Å². The minimum Gasteiger partial charge on any atom is -0.353 e. The standard InChI is InChI=1S/C11H17NO/c13-11(12-7-3-1-4-7)10-8-5-2-6-9(8)10/h7-10H,1-6H2,(H,12,13). The average Bonchev–Trinajstić information content (AvgIpc) is 2.53. The zero-order valence-corrected chi connectivity index (χ0v) is 7.96. The number of nitrogens with one attached hydrogen (secondary N) is 1. The molecule has 1 amide bonds. The first-order chi connectivity index (χ1) is 6.36. The fraction of sp³-hybridized carbons (Fsp3) is 0.909. The molecule has 3 fully saturated rings. The number of fused-ring (bicyclic) bond motifs is 1. The minimum atomic E-state index is 0.374. The van der Waals surface area contributed by atoms with Gasteiger partial charge in [-0.05, 0) is 43.9 Å². The second kappa shape index (κ2) is 2.73. The van der Waals surface area contributed by atoms with Crippen LogP contribution in [0.3, 0.4) is 0 Å². The van der Waals surface area contributed by atoms with Crippen molar-refractivity contribution in [1.82, 2.24) is 5.32 Å². The van der Waals surface area contributed by atoms with Crippen molar-refractivity contribution in [2.45, 2.75) is 44.6 Å². The Balaban J connectivity index is 1.52. The van der Waals surface area contributed by atoms with Gasteiger partial charge in [0.1, 0.15) is 0 Å². The molecule has 0 heterocycles. The van der Waals surface area contributed by atoms with E-state index in [0.29, 0.717) is 17.9 Å². The first-order valence-corrected chi connectivity index (χ1v) is 5.66. The highest BCUT2D eigenvalue weighted by Crippen LogP contribution is 2.57. The van der Waals surface area contributed by atoms with Gasteiger partial charge in [-0.15, -0.1) is 0 Å². The van der Waals surface area contributed by atoms with E-state index < -0.39 is 0 Å². The lowest BCUT2D eigenvalue weighted by atomic mass is 9.93. The van der Waals surface area contributed by atoms with Gasteiger partial charge in [0.2, 0.25) is 5.91 Å². The quantitative estimate of drug-likeness (QED) is 0.687. The van der Waals surface area contributed by atoms with E-state index in [1.807, 2.05) is 0 Å². The van der Waals surface area contributed by atoms with Crippen LogP contribution in [0, 0.1) is 17.8 Å². The van der Waals surface area contributed by atoms with Gasteiger partial charge < -0.3 is 5.32 Å². The van der Waals surface area contributed by atoms with Gasteiger partial charge in [-0.1, -0.05) is 6.42 Å². The Morgan fingerprint density at radius 3 is 2.15 bits per heavy atom. The summed E-state index contributed by atoms with van der Waals surface area (Å²) in [6.07, 6.45) is 7.73. The molecule has 0 aromatic carbocycles. The van der Waals surface area contributed by atoms with Crippen LogP contribution in [0.15, 0.2) is 0 Å². The molecular formula is C11H17NO. The van der Waals surface area contributed by atoms with E-state index >= 15 is 0 Å². The van der Waals surface area contributed by atoms with Crippen molar-refractivity contribution in [3.05, 3.63) is 0 Å². The van der Waals surface area contributed by atoms with Crippen LogP contribution < -0.4 is 5.32 Å². The number of rotatable bonds is 2. The van der Waals surface area contributed by atoms with Crippen molar-refractivity contribution in [1.29, 1.82) is 0 Å². The van der Waals surface area contributed by atoms with Crippen molar-refractivity contribution in [2.24, 2.45) is 17.8 Å². The van der Waals surface area contributed by atoms with Crippen LogP contribution in [0.5, 0.6) is 0 Å². The van der Waals surface area contributed by atoms with Gasteiger partial charge in [-0.25, -0.2) is 0 Å². The number of hydrogen-bond donors (Lipinski definition) is 1. The molecule has 3 aliphatic rings. The van der Waals surface area contributed by atoms with Crippen LogP contribution in [0.1, 0.15) is 38.5 Å². The molecule has 0 aromatic heterocycles. The molecule has 0 bridgehead atoms. The lowest BCUT2D eigenvalue weighted by Gasteiger charge is -2.26. The maximum absolute atomic E-state index is 11.7. The summed E-state index contributed by atoms with van der Waals surface area (Å²) in [5, 5.41) is 3.17. The number of amides is 1. The van der Waals surface area contributed by atoms with Crippen molar-refractivity contribution in [3.63, 3.8) is 0 Å². The molecule has 13 heavy (non-hydrogen) atoms. The first-order valence-electron chi connectivity index (χ1n) is 5.66. The van der Waals surface area contributed by atoms with Crippen LogP contribution in [-0.2, 0) is 4.79 Å². The summed E-state index contributed by atoms with van der Waals surface area (Å²) in [5.74, 6) is 2.36. The van der Waals surface area contributed by atoms with Crippen molar-refractivity contribution in [2.75, 3.05) is 0 Å². The van der Waals surface area contributed by atoms with Crippen LogP contribution in [0.25, 0.3) is 0 Å². The molecule has 2 unspecified atom stereocenters. The normalized spacial score (nSPS) is 42.3. The van der Waals surface area contributed by atoms with E-state index in [2.05, 4.69) is 5.32 Å². The second-order valence-corrected chi connectivity index (χ2v) is 4.92. The van der Waals surface area contributed by atoms with E-state index in [1.165, 1.54) is 38.5 Å². The molecule has 1 N–H and O–H groups in total. The molecule has 0 aliphatic heterocycles. The van der Waals surface area contributed by atoms with Gasteiger partial charge in [0, 0.05) is 12.0 Å². The maximum atomic E-state index is 11.7. The number of hydrogen-bond acceptors (Lipinski definition) is 1. The van der Waals surface area contributed by atoms with Gasteiger partial charge >= 0.3 is 0 Å². The maximum Gasteiger partial charge on any atom is 0.223 e. The summed E-state index contributed by atoms with van der Waals surface area (Å²) in [6.45, 7) is 0. The third kappa shape index (κ3) is 1.18. The second-order valence-electron chi connectivity index (χ2n) is 4.92. The van der Waals surface area contributed by atoms with Gasteiger partial charge in [-0.3, -0.25) is 4.79 Å². The molecule has 3 aliphatic carbocycles. The Kier molecular flexibility index (Phi) is 1.64. The van der Waals surface area contributed by atoms with E-state index in [9.17, 15) is 4.79 Å². The summed E-state index contributed by atoms with van der Waals surface area (Å²) in [6, 6.07) is 0.536. The van der Waals surface area contributed by atoms with Crippen LogP contribution >= 0.6 is 0 Å². The molecular weight excluding hydrogens is 162 g/mol. The highest BCUT2D eigenvalue weighted by Gasteiger charge is 2.56. The Morgan fingerprint density at radius 2 is 1.62 bits per heavy atom. The fourth-order valence-electron chi connectivity index (χ4n) is 3.06. The molecule has 2 atom stereocenters. The summed E-state index contributed by atoms with van der Waals surface area (Å²) in [7, 11) is 0. The predicted molar refractivity (Wildman–Crippen MR) is 50.1 cm³/mol. The van der Waals surface area contributed by atoms with Crippen molar-refractivity contribution < 1.29 is 4.79 Å². The number of carbonyl (C=O) groups is 1. The topological polar surface area (TPSA) is 29.1 Å². The highest BCUT2D eigenvalue weighted by molar-refractivity contribution is 5.82. The largest absolute Gasteiger partial charge is 0.353 e. The minimum absolute atomic E-state index is 0.374. The SMILES string of the molecule is O=C(NC1CCC1)C1C2CCCC21. The van der Waals surface area contributed by atoms with E-state index in [1.54, 1.807) is 0 Å². The molecule has 2 nitrogen and oxygen atoms in total. The Morgan fingerprint density at radius 1 is 1.00 bits per heavy atom. The third-order valence-corrected chi connectivity index (χ3v) is 4.16. The fourth-order valence-corrected chi connectivity index (χ4v) is 3.06. The lowest BCUT2D eigenvalue weighted by Crippen LogP contribution is -2.40. The monoisotopic (exact) mass is 179 g/mol. The van der Waals surface area contributed by atoms with Crippen LogP contribution in [0.2, 0.25) is 0 Å². The molecule has 3 saturated carbocycles. The van der Waals surface area contributed by atoms with Gasteiger partial charge in [0.25, 0.3) is 0 Å². The molecule has 0 saturated heterocycles. The third-order valence-electron chi connectivity index (χ3n) is 4.16. The van der Waals surface area contributed by atoms with Gasteiger partial charge in [0.05, 0.1) is 0 Å². The lowest BCUT2D eigenvalue weighted by molar-refractivity contribution is -0.124. The molecule has 3 rings (SSSR count). The van der Waals surface area contributed by atoms with E-state index in [-0.39, 0.29) is 0 Å². The van der Waals surface area contributed by atoms with Crippen molar-refractivity contribution in [3.8, 4) is 0 Å². The molecule has 72 valence electrons. The average molecular weight is 179 g/mol. The highest BCUT2D eigenvalue weighted by atomic mass is 16.2. The Bertz CT molecular complexity index is 224. The molecule has 0 aromatic rings. The first kappa shape index (κ1) is 7.84. The van der Waals surface area contributed by atoms with Crippen LogP contribution in [0.4, 0.5) is 0 Å². The van der Waals surface area contributed by atoms with Gasteiger partial charge in [-0.2, -0.15) is 0 Å². The predicted octanol–water partition coefficient (Wildman–Crippen LogP) is 1.70. The van der Waals surface area contributed by atoms with Crippen molar-refractivity contribution >= 4 is 5.91 Å². The Labute approximate surface area is 79.1 Å².